The van der Waals surface area contributed by atoms with Gasteiger partial charge in [-0.3, -0.25) is 4.79 Å². The van der Waals surface area contributed by atoms with E-state index in [2.05, 4.69) is 44.4 Å². The Hall–Kier alpha value is -1.59. The molecule has 5 heteroatoms. The van der Waals surface area contributed by atoms with Gasteiger partial charge in [-0.25, -0.2) is 0 Å². The van der Waals surface area contributed by atoms with Crippen molar-refractivity contribution < 1.29 is 15.0 Å². The number of hydrogen-bond donors (Lipinski definition) is 4. The maximum absolute atomic E-state index is 11.6. The minimum Gasteiger partial charge on any atom is -0.394 e. The highest BCUT2D eigenvalue weighted by Gasteiger charge is 2.44. The Morgan fingerprint density at radius 2 is 1.92 bits per heavy atom. The molecule has 1 aliphatic carbocycles. The second-order valence-electron chi connectivity index (χ2n) is 8.19. The van der Waals surface area contributed by atoms with Gasteiger partial charge in [-0.2, -0.15) is 0 Å². The molecule has 0 fully saturated rings. The molecular weight excluding hydrogens is 304 g/mol. The second kappa shape index (κ2) is 6.37. The lowest BCUT2D eigenvalue weighted by Gasteiger charge is -2.26. The van der Waals surface area contributed by atoms with E-state index in [1.54, 1.807) is 0 Å². The van der Waals surface area contributed by atoms with Crippen molar-refractivity contribution in [2.24, 2.45) is 0 Å². The minimum absolute atomic E-state index is 0.00573. The van der Waals surface area contributed by atoms with Crippen molar-refractivity contribution in [1.82, 2.24) is 0 Å². The molecular formula is C19H30N2O3. The third-order valence-electron chi connectivity index (χ3n) is 4.91. The molecule has 0 saturated carbocycles. The van der Waals surface area contributed by atoms with Crippen LogP contribution in [0.5, 0.6) is 0 Å². The van der Waals surface area contributed by atoms with Crippen LogP contribution in [0.15, 0.2) is 6.07 Å². The molecule has 0 radical (unpaired) electrons. The van der Waals surface area contributed by atoms with Crippen molar-refractivity contribution in [2.45, 2.75) is 64.9 Å². The standard InChI is InChI=1S/C19H30N2O3/c1-11-15(21-12(2)23)7-14-16(17(11)20-8-13(24)9-22)19(5,6)10-18(14,3)4/h7,13,20,22,24H,8-10H2,1-6H3,(H,21,23). The van der Waals surface area contributed by atoms with E-state index in [1.807, 2.05) is 6.92 Å². The fourth-order valence-corrected chi connectivity index (χ4v) is 4.13. The lowest BCUT2D eigenvalue weighted by Crippen LogP contribution is -2.25. The van der Waals surface area contributed by atoms with Crippen LogP contribution < -0.4 is 10.6 Å². The van der Waals surface area contributed by atoms with Crippen LogP contribution in [0, 0.1) is 6.92 Å². The average Bonchev–Trinajstić information content (AvgIpc) is 2.63. The van der Waals surface area contributed by atoms with E-state index in [0.717, 1.165) is 23.4 Å². The summed E-state index contributed by atoms with van der Waals surface area (Å²) in [5.41, 5.74) is 5.18. The first-order chi connectivity index (χ1) is 11.0. The Labute approximate surface area is 144 Å². The number of anilines is 2. The van der Waals surface area contributed by atoms with Gasteiger partial charge in [0.15, 0.2) is 0 Å². The first-order valence-corrected chi connectivity index (χ1v) is 8.48. The zero-order valence-electron chi connectivity index (χ0n) is 15.6. The topological polar surface area (TPSA) is 81.6 Å². The van der Waals surface area contributed by atoms with Gasteiger partial charge in [-0.15, -0.1) is 0 Å². The summed E-state index contributed by atoms with van der Waals surface area (Å²) in [6.45, 7) is 12.4. The highest BCUT2D eigenvalue weighted by Crippen LogP contribution is 2.54. The molecule has 0 heterocycles. The molecule has 1 atom stereocenters. The molecule has 24 heavy (non-hydrogen) atoms. The van der Waals surface area contributed by atoms with Gasteiger partial charge in [-0.1, -0.05) is 27.7 Å². The molecule has 4 N–H and O–H groups in total. The Kier molecular flexibility index (Phi) is 4.98. The molecule has 0 aliphatic heterocycles. The Balaban J connectivity index is 2.61. The largest absolute Gasteiger partial charge is 0.394 e. The summed E-state index contributed by atoms with van der Waals surface area (Å²) in [7, 11) is 0. The summed E-state index contributed by atoms with van der Waals surface area (Å²) in [6, 6.07) is 2.09. The van der Waals surface area contributed by atoms with Crippen molar-refractivity contribution in [1.29, 1.82) is 0 Å². The molecule has 2 rings (SSSR count). The van der Waals surface area contributed by atoms with Gasteiger partial charge in [0.1, 0.15) is 0 Å². The van der Waals surface area contributed by atoms with Crippen LogP contribution in [-0.2, 0) is 15.6 Å². The highest BCUT2D eigenvalue weighted by molar-refractivity contribution is 5.91. The van der Waals surface area contributed by atoms with Crippen molar-refractivity contribution in [3.8, 4) is 0 Å². The van der Waals surface area contributed by atoms with Crippen molar-refractivity contribution in [3.63, 3.8) is 0 Å². The van der Waals surface area contributed by atoms with E-state index in [9.17, 15) is 9.90 Å². The number of aliphatic hydroxyl groups excluding tert-OH is 2. The van der Waals surface area contributed by atoms with Gasteiger partial charge in [0.25, 0.3) is 0 Å². The maximum Gasteiger partial charge on any atom is 0.221 e. The zero-order chi connectivity index (χ0) is 18.3. The van der Waals surface area contributed by atoms with Gasteiger partial charge in [0, 0.05) is 24.8 Å². The van der Waals surface area contributed by atoms with Gasteiger partial charge < -0.3 is 20.8 Å². The van der Waals surface area contributed by atoms with Crippen LogP contribution in [-0.4, -0.2) is 35.4 Å². The average molecular weight is 334 g/mol. The lowest BCUT2D eigenvalue weighted by molar-refractivity contribution is -0.114. The number of aliphatic hydroxyl groups is 2. The predicted octanol–water partition coefficient (Wildman–Crippen LogP) is 2.68. The van der Waals surface area contributed by atoms with E-state index in [0.29, 0.717) is 0 Å². The van der Waals surface area contributed by atoms with Gasteiger partial charge >= 0.3 is 0 Å². The van der Waals surface area contributed by atoms with Crippen LogP contribution in [0.4, 0.5) is 11.4 Å². The van der Waals surface area contributed by atoms with E-state index in [1.165, 1.54) is 18.1 Å². The zero-order valence-corrected chi connectivity index (χ0v) is 15.6. The van der Waals surface area contributed by atoms with Crippen LogP contribution in [0.2, 0.25) is 0 Å². The molecule has 1 aromatic rings. The molecule has 0 spiro atoms. The van der Waals surface area contributed by atoms with Crippen molar-refractivity contribution >= 4 is 17.3 Å². The maximum atomic E-state index is 11.6. The molecule has 5 nitrogen and oxygen atoms in total. The Morgan fingerprint density at radius 3 is 2.46 bits per heavy atom. The third-order valence-corrected chi connectivity index (χ3v) is 4.91. The number of hydrogen-bond acceptors (Lipinski definition) is 4. The lowest BCUT2D eigenvalue weighted by atomic mass is 9.81. The second-order valence-corrected chi connectivity index (χ2v) is 8.19. The number of benzene rings is 1. The number of fused-ring (bicyclic) bond motifs is 1. The van der Waals surface area contributed by atoms with E-state index in [-0.39, 0.29) is 29.9 Å². The Morgan fingerprint density at radius 1 is 1.29 bits per heavy atom. The Bertz CT molecular complexity index is 651. The van der Waals surface area contributed by atoms with Crippen LogP contribution >= 0.6 is 0 Å². The summed E-state index contributed by atoms with van der Waals surface area (Å²) >= 11 is 0. The monoisotopic (exact) mass is 334 g/mol. The fraction of sp³-hybridized carbons (Fsp3) is 0.632. The minimum atomic E-state index is -0.818. The molecule has 1 aliphatic rings. The van der Waals surface area contributed by atoms with E-state index < -0.39 is 6.10 Å². The number of nitrogens with one attached hydrogen (secondary N) is 2. The van der Waals surface area contributed by atoms with Gasteiger partial charge in [0.05, 0.1) is 12.7 Å². The quantitative estimate of drug-likeness (QED) is 0.667. The summed E-state index contributed by atoms with van der Waals surface area (Å²) in [5, 5.41) is 25.0. The SMILES string of the molecule is CC(=O)Nc1cc2c(c(NCC(O)CO)c1C)C(C)(C)CC2(C)C. The van der Waals surface area contributed by atoms with Crippen molar-refractivity contribution in [3.05, 3.63) is 22.8 Å². The van der Waals surface area contributed by atoms with Crippen molar-refractivity contribution in [2.75, 3.05) is 23.8 Å². The first kappa shape index (κ1) is 18.7. The predicted molar refractivity (Wildman–Crippen MR) is 97.7 cm³/mol. The smallest absolute Gasteiger partial charge is 0.221 e. The first-order valence-electron chi connectivity index (χ1n) is 8.48. The summed E-state index contributed by atoms with van der Waals surface area (Å²) in [5.74, 6) is -0.102. The molecule has 0 bridgehead atoms. The molecule has 1 amide bonds. The number of rotatable bonds is 5. The number of carbonyl (C=O) groups excluding carboxylic acids is 1. The fourth-order valence-electron chi connectivity index (χ4n) is 4.13. The molecule has 1 aromatic carbocycles. The number of amides is 1. The molecule has 0 aromatic heterocycles. The van der Waals surface area contributed by atoms with Crippen LogP contribution in [0.25, 0.3) is 0 Å². The third kappa shape index (κ3) is 3.42. The van der Waals surface area contributed by atoms with Gasteiger partial charge in [0.2, 0.25) is 5.91 Å². The molecule has 134 valence electrons. The van der Waals surface area contributed by atoms with E-state index in [4.69, 9.17) is 5.11 Å². The van der Waals surface area contributed by atoms with Gasteiger partial charge in [-0.05, 0) is 46.9 Å². The highest BCUT2D eigenvalue weighted by atomic mass is 16.3. The summed E-state index contributed by atoms with van der Waals surface area (Å²) in [4.78, 5) is 11.6. The van der Waals surface area contributed by atoms with Crippen LogP contribution in [0.3, 0.4) is 0 Å². The molecule has 0 saturated heterocycles. The normalized spacial score (nSPS) is 18.8. The van der Waals surface area contributed by atoms with E-state index >= 15 is 0 Å². The number of carbonyl (C=O) groups is 1. The van der Waals surface area contributed by atoms with Crippen LogP contribution in [0.1, 0.15) is 57.7 Å². The summed E-state index contributed by atoms with van der Waals surface area (Å²) in [6.07, 6.45) is 0.192. The summed E-state index contributed by atoms with van der Waals surface area (Å²) < 4.78 is 0. The molecule has 1 unspecified atom stereocenters.